The van der Waals surface area contributed by atoms with E-state index in [2.05, 4.69) is 36.8 Å². The second kappa shape index (κ2) is 7.82. The number of unbranched alkanes of at least 4 members (excludes halogenated alkanes) is 1. The molecule has 2 nitrogen and oxygen atoms in total. The average molecular weight is 240 g/mol. The van der Waals surface area contributed by atoms with E-state index in [9.17, 15) is 0 Å². The Kier molecular flexibility index (Phi) is 6.69. The summed E-state index contributed by atoms with van der Waals surface area (Å²) in [5.74, 6) is 6.39. The molecule has 16 heavy (non-hydrogen) atoms. The van der Waals surface area contributed by atoms with Gasteiger partial charge in [0.1, 0.15) is 0 Å². The summed E-state index contributed by atoms with van der Waals surface area (Å²) in [6.07, 6.45) is 6.14. The van der Waals surface area contributed by atoms with Crippen molar-refractivity contribution in [3.8, 4) is 0 Å². The van der Waals surface area contributed by atoms with Crippen LogP contribution < -0.4 is 11.3 Å². The van der Waals surface area contributed by atoms with Crippen LogP contribution in [0, 0.1) is 5.92 Å². The smallest absolute Gasteiger partial charge is 0.0286 e. The van der Waals surface area contributed by atoms with Gasteiger partial charge in [0.15, 0.2) is 0 Å². The maximum atomic E-state index is 5.69. The molecule has 92 valence electrons. The molecule has 0 aliphatic rings. The summed E-state index contributed by atoms with van der Waals surface area (Å²) >= 11 is 1.82. The molecule has 2 unspecified atom stereocenters. The Morgan fingerprint density at radius 3 is 2.75 bits per heavy atom. The van der Waals surface area contributed by atoms with Crippen molar-refractivity contribution in [2.75, 3.05) is 0 Å². The van der Waals surface area contributed by atoms with Crippen LogP contribution in [-0.2, 0) is 6.42 Å². The lowest BCUT2D eigenvalue weighted by atomic mass is 9.89. The first kappa shape index (κ1) is 13.7. The molecule has 0 bridgehead atoms. The second-order valence-electron chi connectivity index (χ2n) is 4.37. The third kappa shape index (κ3) is 4.24. The summed E-state index contributed by atoms with van der Waals surface area (Å²) < 4.78 is 0. The SMILES string of the molecule is CCCCC(CC)C(Cc1cccs1)NN. The molecule has 1 rings (SSSR count). The van der Waals surface area contributed by atoms with Gasteiger partial charge in [0.05, 0.1) is 0 Å². The maximum absolute atomic E-state index is 5.69. The van der Waals surface area contributed by atoms with E-state index in [1.54, 1.807) is 0 Å². The monoisotopic (exact) mass is 240 g/mol. The number of hydrogen-bond acceptors (Lipinski definition) is 3. The van der Waals surface area contributed by atoms with Crippen LogP contribution in [0.3, 0.4) is 0 Å². The van der Waals surface area contributed by atoms with Crippen molar-refractivity contribution >= 4 is 11.3 Å². The average Bonchev–Trinajstić information content (AvgIpc) is 2.81. The molecule has 0 saturated carbocycles. The summed E-state index contributed by atoms with van der Waals surface area (Å²) in [5.41, 5.74) is 3.01. The lowest BCUT2D eigenvalue weighted by molar-refractivity contribution is 0.319. The standard InChI is InChI=1S/C13H24N2S/c1-3-5-7-11(4-2)13(15-14)10-12-8-6-9-16-12/h6,8-9,11,13,15H,3-5,7,10,14H2,1-2H3. The van der Waals surface area contributed by atoms with Crippen LogP contribution in [-0.4, -0.2) is 6.04 Å². The largest absolute Gasteiger partial charge is 0.271 e. The molecular weight excluding hydrogens is 216 g/mol. The number of nitrogens with one attached hydrogen (secondary N) is 1. The fraction of sp³-hybridized carbons (Fsp3) is 0.692. The molecule has 1 heterocycles. The van der Waals surface area contributed by atoms with Crippen LogP contribution in [0.25, 0.3) is 0 Å². The first-order chi connectivity index (χ1) is 7.81. The van der Waals surface area contributed by atoms with Crippen molar-refractivity contribution in [1.29, 1.82) is 0 Å². The minimum absolute atomic E-state index is 0.426. The molecule has 0 spiro atoms. The Morgan fingerprint density at radius 2 is 2.25 bits per heavy atom. The summed E-state index contributed by atoms with van der Waals surface area (Å²) in [7, 11) is 0. The molecule has 0 aliphatic carbocycles. The highest BCUT2D eigenvalue weighted by atomic mass is 32.1. The molecule has 0 amide bonds. The first-order valence-electron chi connectivity index (χ1n) is 6.30. The zero-order valence-corrected chi connectivity index (χ0v) is 11.2. The van der Waals surface area contributed by atoms with Crippen LogP contribution >= 0.6 is 11.3 Å². The lowest BCUT2D eigenvalue weighted by Gasteiger charge is -2.25. The molecule has 0 aliphatic heterocycles. The predicted octanol–water partition coefficient (Wildman–Crippen LogP) is 3.34. The topological polar surface area (TPSA) is 38.0 Å². The predicted molar refractivity (Wildman–Crippen MR) is 72.4 cm³/mol. The maximum Gasteiger partial charge on any atom is 0.0286 e. The van der Waals surface area contributed by atoms with Crippen molar-refractivity contribution in [3.05, 3.63) is 22.4 Å². The molecule has 0 aromatic carbocycles. The van der Waals surface area contributed by atoms with E-state index in [1.165, 1.54) is 30.6 Å². The Hall–Kier alpha value is -0.380. The molecule has 3 heteroatoms. The van der Waals surface area contributed by atoms with Gasteiger partial charge in [0, 0.05) is 10.9 Å². The number of nitrogens with two attached hydrogens (primary N) is 1. The minimum atomic E-state index is 0.426. The zero-order chi connectivity index (χ0) is 11.8. The lowest BCUT2D eigenvalue weighted by Crippen LogP contribution is -2.42. The summed E-state index contributed by atoms with van der Waals surface area (Å²) in [6.45, 7) is 4.51. The molecule has 0 radical (unpaired) electrons. The highest BCUT2D eigenvalue weighted by molar-refractivity contribution is 7.09. The van der Waals surface area contributed by atoms with Crippen molar-refractivity contribution in [3.63, 3.8) is 0 Å². The van der Waals surface area contributed by atoms with Gasteiger partial charge in [-0.3, -0.25) is 11.3 Å². The van der Waals surface area contributed by atoms with Crippen molar-refractivity contribution < 1.29 is 0 Å². The number of thiophene rings is 1. The summed E-state index contributed by atoms with van der Waals surface area (Å²) in [5, 5.41) is 2.13. The fourth-order valence-corrected chi connectivity index (χ4v) is 2.93. The summed E-state index contributed by atoms with van der Waals surface area (Å²) in [6, 6.07) is 4.73. The normalized spacial score (nSPS) is 14.9. The van der Waals surface area contributed by atoms with Crippen LogP contribution in [0.2, 0.25) is 0 Å². The van der Waals surface area contributed by atoms with E-state index in [4.69, 9.17) is 5.84 Å². The third-order valence-electron chi connectivity index (χ3n) is 3.24. The van der Waals surface area contributed by atoms with Crippen LogP contribution in [0.5, 0.6) is 0 Å². The molecule has 0 fully saturated rings. The highest BCUT2D eigenvalue weighted by Gasteiger charge is 2.18. The second-order valence-corrected chi connectivity index (χ2v) is 5.40. The molecule has 3 N–H and O–H groups in total. The van der Waals surface area contributed by atoms with Gasteiger partial charge in [-0.2, -0.15) is 0 Å². The number of hydrogen-bond donors (Lipinski definition) is 2. The number of rotatable bonds is 8. The van der Waals surface area contributed by atoms with Gasteiger partial charge in [-0.15, -0.1) is 11.3 Å². The molecule has 0 saturated heterocycles. The third-order valence-corrected chi connectivity index (χ3v) is 4.14. The van der Waals surface area contributed by atoms with E-state index < -0.39 is 0 Å². The van der Waals surface area contributed by atoms with E-state index in [0.29, 0.717) is 12.0 Å². The minimum Gasteiger partial charge on any atom is -0.271 e. The van der Waals surface area contributed by atoms with Crippen LogP contribution in [0.15, 0.2) is 17.5 Å². The van der Waals surface area contributed by atoms with Gasteiger partial charge in [0.2, 0.25) is 0 Å². The first-order valence-corrected chi connectivity index (χ1v) is 7.18. The fourth-order valence-electron chi connectivity index (χ4n) is 2.16. The van der Waals surface area contributed by atoms with Gasteiger partial charge >= 0.3 is 0 Å². The number of hydrazine groups is 1. The molecule has 1 aromatic rings. The van der Waals surface area contributed by atoms with E-state index >= 15 is 0 Å². The van der Waals surface area contributed by atoms with Crippen molar-refractivity contribution in [1.82, 2.24) is 5.43 Å². The zero-order valence-electron chi connectivity index (χ0n) is 10.4. The summed E-state index contributed by atoms with van der Waals surface area (Å²) in [4.78, 5) is 1.43. The molecule has 1 aromatic heterocycles. The van der Waals surface area contributed by atoms with E-state index in [-0.39, 0.29) is 0 Å². The van der Waals surface area contributed by atoms with Gasteiger partial charge in [-0.1, -0.05) is 39.2 Å². The molecule has 2 atom stereocenters. The highest BCUT2D eigenvalue weighted by Crippen LogP contribution is 2.21. The van der Waals surface area contributed by atoms with Gasteiger partial charge < -0.3 is 0 Å². The Bertz CT molecular complexity index is 259. The van der Waals surface area contributed by atoms with Crippen molar-refractivity contribution in [2.45, 2.75) is 52.0 Å². The Labute approximate surface area is 103 Å². The van der Waals surface area contributed by atoms with Crippen LogP contribution in [0.1, 0.15) is 44.4 Å². The van der Waals surface area contributed by atoms with Gasteiger partial charge in [0.25, 0.3) is 0 Å². The molecular formula is C13H24N2S. The van der Waals surface area contributed by atoms with Crippen LogP contribution in [0.4, 0.5) is 0 Å². The van der Waals surface area contributed by atoms with E-state index in [0.717, 1.165) is 6.42 Å². The quantitative estimate of drug-likeness (QED) is 0.540. The van der Waals surface area contributed by atoms with Gasteiger partial charge in [-0.25, -0.2) is 0 Å². The van der Waals surface area contributed by atoms with Crippen molar-refractivity contribution in [2.24, 2.45) is 11.8 Å². The Balaban J connectivity index is 2.49. The Morgan fingerprint density at radius 1 is 1.44 bits per heavy atom. The van der Waals surface area contributed by atoms with E-state index in [1.807, 2.05) is 11.3 Å². The van der Waals surface area contributed by atoms with Gasteiger partial charge in [-0.05, 0) is 30.2 Å².